The van der Waals surface area contributed by atoms with E-state index in [9.17, 15) is 5.11 Å². The summed E-state index contributed by atoms with van der Waals surface area (Å²) >= 11 is 0. The second-order valence-corrected chi connectivity index (χ2v) is 5.62. The van der Waals surface area contributed by atoms with Crippen LogP contribution < -0.4 is 5.32 Å². The molecule has 1 saturated heterocycles. The fraction of sp³-hybridized carbons (Fsp3) is 0.625. The van der Waals surface area contributed by atoms with Gasteiger partial charge in [0.15, 0.2) is 0 Å². The van der Waals surface area contributed by atoms with Crippen LogP contribution in [-0.2, 0) is 6.42 Å². The Balaban J connectivity index is 1.86. The molecule has 1 aromatic carbocycles. The lowest BCUT2D eigenvalue weighted by Gasteiger charge is -2.27. The van der Waals surface area contributed by atoms with Crippen LogP contribution in [0.15, 0.2) is 18.2 Å². The maximum Gasteiger partial charge on any atom is 0.0572 e. The molecule has 0 saturated carbocycles. The first-order valence-electron chi connectivity index (χ1n) is 7.11. The Morgan fingerprint density at radius 2 is 2.00 bits per heavy atom. The first-order chi connectivity index (χ1) is 8.66. The highest BCUT2D eigenvalue weighted by molar-refractivity contribution is 5.30. The van der Waals surface area contributed by atoms with E-state index in [1.807, 2.05) is 0 Å². The highest BCUT2D eigenvalue weighted by Crippen LogP contribution is 2.21. The van der Waals surface area contributed by atoms with Crippen molar-refractivity contribution < 1.29 is 5.11 Å². The van der Waals surface area contributed by atoms with Gasteiger partial charge in [0.05, 0.1) is 6.10 Å². The normalized spacial score (nSPS) is 18.8. The van der Waals surface area contributed by atoms with E-state index in [2.05, 4.69) is 37.4 Å². The molecule has 18 heavy (non-hydrogen) atoms. The smallest absolute Gasteiger partial charge is 0.0572 e. The Labute approximate surface area is 110 Å². The molecule has 0 aromatic heterocycles. The Bertz CT molecular complexity index is 383. The largest absolute Gasteiger partial charge is 0.393 e. The molecule has 1 fully saturated rings. The molecule has 2 heteroatoms. The third kappa shape index (κ3) is 3.56. The number of hydrogen-bond donors (Lipinski definition) is 2. The first kappa shape index (κ1) is 13.6. The summed E-state index contributed by atoms with van der Waals surface area (Å²) in [7, 11) is 0. The van der Waals surface area contributed by atoms with E-state index in [0.717, 1.165) is 38.8 Å². The van der Waals surface area contributed by atoms with Crippen molar-refractivity contribution in [2.24, 2.45) is 5.92 Å². The second-order valence-electron chi connectivity index (χ2n) is 5.62. The van der Waals surface area contributed by atoms with Gasteiger partial charge in [-0.25, -0.2) is 0 Å². The zero-order chi connectivity index (χ0) is 13.0. The quantitative estimate of drug-likeness (QED) is 0.857. The summed E-state index contributed by atoms with van der Waals surface area (Å²) in [5.41, 5.74) is 4.05. The molecule has 1 atom stereocenters. The SMILES string of the molecule is Cc1ccc(CCC(O)C2CCNCC2)c(C)c1. The van der Waals surface area contributed by atoms with Gasteiger partial charge in [-0.2, -0.15) is 0 Å². The van der Waals surface area contributed by atoms with Crippen LogP contribution in [0, 0.1) is 19.8 Å². The molecule has 1 heterocycles. The van der Waals surface area contributed by atoms with Gasteiger partial charge >= 0.3 is 0 Å². The zero-order valence-electron chi connectivity index (χ0n) is 11.6. The molecule has 2 nitrogen and oxygen atoms in total. The molecule has 2 rings (SSSR count). The number of nitrogens with one attached hydrogen (secondary N) is 1. The average Bonchev–Trinajstić information content (AvgIpc) is 2.38. The third-order valence-electron chi connectivity index (χ3n) is 4.14. The van der Waals surface area contributed by atoms with Crippen LogP contribution in [0.4, 0.5) is 0 Å². The first-order valence-corrected chi connectivity index (χ1v) is 7.11. The van der Waals surface area contributed by atoms with Crippen molar-refractivity contribution >= 4 is 0 Å². The van der Waals surface area contributed by atoms with E-state index >= 15 is 0 Å². The van der Waals surface area contributed by atoms with E-state index in [4.69, 9.17) is 0 Å². The van der Waals surface area contributed by atoms with Crippen LogP contribution in [0.5, 0.6) is 0 Å². The minimum Gasteiger partial charge on any atom is -0.393 e. The van der Waals surface area contributed by atoms with E-state index in [0.29, 0.717) is 5.92 Å². The van der Waals surface area contributed by atoms with Crippen molar-refractivity contribution in [3.8, 4) is 0 Å². The molecular formula is C16H25NO. The molecular weight excluding hydrogens is 222 g/mol. The van der Waals surface area contributed by atoms with Gasteiger partial charge in [-0.05, 0) is 69.7 Å². The maximum atomic E-state index is 10.3. The van der Waals surface area contributed by atoms with Gasteiger partial charge < -0.3 is 10.4 Å². The lowest BCUT2D eigenvalue weighted by atomic mass is 9.88. The van der Waals surface area contributed by atoms with Crippen LogP contribution >= 0.6 is 0 Å². The van der Waals surface area contributed by atoms with E-state index in [-0.39, 0.29) is 6.10 Å². The summed E-state index contributed by atoms with van der Waals surface area (Å²) in [5.74, 6) is 0.497. The Morgan fingerprint density at radius 1 is 1.28 bits per heavy atom. The summed E-state index contributed by atoms with van der Waals surface area (Å²) in [6.07, 6.45) is 4.00. The Kier molecular flexibility index (Phi) is 4.79. The van der Waals surface area contributed by atoms with Crippen molar-refractivity contribution in [1.29, 1.82) is 0 Å². The number of benzene rings is 1. The predicted molar refractivity (Wildman–Crippen MR) is 75.8 cm³/mol. The Morgan fingerprint density at radius 3 is 2.67 bits per heavy atom. The molecule has 0 bridgehead atoms. The van der Waals surface area contributed by atoms with Gasteiger partial charge in [-0.15, -0.1) is 0 Å². The van der Waals surface area contributed by atoms with Crippen LogP contribution in [-0.4, -0.2) is 24.3 Å². The summed E-state index contributed by atoms with van der Waals surface area (Å²) < 4.78 is 0. The monoisotopic (exact) mass is 247 g/mol. The number of aliphatic hydroxyl groups is 1. The maximum absolute atomic E-state index is 10.3. The number of piperidine rings is 1. The predicted octanol–water partition coefficient (Wildman–Crippen LogP) is 2.60. The molecule has 0 spiro atoms. The molecule has 1 aromatic rings. The van der Waals surface area contributed by atoms with Crippen LogP contribution in [0.3, 0.4) is 0 Å². The number of hydrogen-bond acceptors (Lipinski definition) is 2. The van der Waals surface area contributed by atoms with Gasteiger partial charge in [0.25, 0.3) is 0 Å². The van der Waals surface area contributed by atoms with E-state index < -0.39 is 0 Å². The van der Waals surface area contributed by atoms with Gasteiger partial charge in [-0.1, -0.05) is 23.8 Å². The molecule has 100 valence electrons. The summed E-state index contributed by atoms with van der Waals surface area (Å²) in [4.78, 5) is 0. The molecule has 0 amide bonds. The van der Waals surface area contributed by atoms with Crippen molar-refractivity contribution in [2.75, 3.05) is 13.1 Å². The van der Waals surface area contributed by atoms with Crippen molar-refractivity contribution in [2.45, 2.75) is 45.6 Å². The minimum absolute atomic E-state index is 0.132. The lowest BCUT2D eigenvalue weighted by molar-refractivity contribution is 0.0813. The third-order valence-corrected chi connectivity index (χ3v) is 4.14. The number of rotatable bonds is 4. The summed E-state index contributed by atoms with van der Waals surface area (Å²) in [6, 6.07) is 6.60. The zero-order valence-corrected chi connectivity index (χ0v) is 11.6. The molecule has 0 radical (unpaired) electrons. The number of aliphatic hydroxyl groups excluding tert-OH is 1. The highest BCUT2D eigenvalue weighted by Gasteiger charge is 2.21. The molecule has 1 unspecified atom stereocenters. The van der Waals surface area contributed by atoms with Crippen molar-refractivity contribution in [3.05, 3.63) is 34.9 Å². The summed E-state index contributed by atoms with van der Waals surface area (Å²) in [6.45, 7) is 6.41. The van der Waals surface area contributed by atoms with Crippen LogP contribution in [0.2, 0.25) is 0 Å². The van der Waals surface area contributed by atoms with Gasteiger partial charge in [0.1, 0.15) is 0 Å². The van der Waals surface area contributed by atoms with Crippen molar-refractivity contribution in [3.63, 3.8) is 0 Å². The van der Waals surface area contributed by atoms with E-state index in [1.54, 1.807) is 0 Å². The minimum atomic E-state index is -0.132. The van der Waals surface area contributed by atoms with Gasteiger partial charge in [-0.3, -0.25) is 0 Å². The second kappa shape index (κ2) is 6.35. The topological polar surface area (TPSA) is 32.3 Å². The fourth-order valence-corrected chi connectivity index (χ4v) is 2.89. The number of aryl methyl sites for hydroxylation is 3. The lowest BCUT2D eigenvalue weighted by Crippen LogP contribution is -2.34. The highest BCUT2D eigenvalue weighted by atomic mass is 16.3. The average molecular weight is 247 g/mol. The van der Waals surface area contributed by atoms with Crippen LogP contribution in [0.25, 0.3) is 0 Å². The van der Waals surface area contributed by atoms with Crippen LogP contribution in [0.1, 0.15) is 36.0 Å². The molecule has 0 aliphatic carbocycles. The Hall–Kier alpha value is -0.860. The van der Waals surface area contributed by atoms with Gasteiger partial charge in [0, 0.05) is 0 Å². The molecule has 1 aliphatic heterocycles. The standard InChI is InChI=1S/C16H25NO/c1-12-3-4-14(13(2)11-12)5-6-16(18)15-7-9-17-10-8-15/h3-4,11,15-18H,5-10H2,1-2H3. The fourth-order valence-electron chi connectivity index (χ4n) is 2.89. The molecule has 1 aliphatic rings. The van der Waals surface area contributed by atoms with Gasteiger partial charge in [0.2, 0.25) is 0 Å². The summed E-state index contributed by atoms with van der Waals surface area (Å²) in [5, 5.41) is 13.6. The van der Waals surface area contributed by atoms with Crippen molar-refractivity contribution in [1.82, 2.24) is 5.32 Å². The van der Waals surface area contributed by atoms with E-state index in [1.165, 1.54) is 16.7 Å². The molecule has 2 N–H and O–H groups in total.